The average Bonchev–Trinajstić information content (AvgIpc) is 2.28. The number of benzene rings is 2. The Morgan fingerprint density at radius 3 is 2.44 bits per heavy atom. The summed E-state index contributed by atoms with van der Waals surface area (Å²) in [5, 5.41) is 0.512. The molecule has 0 aliphatic heterocycles. The maximum atomic E-state index is 13.8. The Morgan fingerprint density at radius 2 is 1.83 bits per heavy atom. The fraction of sp³-hybridized carbons (Fsp3) is 0.143. The van der Waals surface area contributed by atoms with Gasteiger partial charge in [0.15, 0.2) is 0 Å². The van der Waals surface area contributed by atoms with Crippen LogP contribution in [0.4, 0.5) is 4.39 Å². The van der Waals surface area contributed by atoms with Crippen LogP contribution >= 0.6 is 27.5 Å². The zero-order valence-electron chi connectivity index (χ0n) is 9.75. The molecule has 1 nitrogen and oxygen atoms in total. The second kappa shape index (κ2) is 5.00. The Bertz CT molecular complexity index is 584. The number of halogens is 3. The Morgan fingerprint density at radius 1 is 1.17 bits per heavy atom. The van der Waals surface area contributed by atoms with E-state index in [-0.39, 0.29) is 5.82 Å². The SMILES string of the molecule is CC(N)(c1ccccc1F)c1ccc(Br)cc1Cl. The molecule has 2 aromatic carbocycles. The summed E-state index contributed by atoms with van der Waals surface area (Å²) in [6, 6.07) is 11.9. The fourth-order valence-corrected chi connectivity index (χ4v) is 2.81. The zero-order chi connectivity index (χ0) is 13.3. The van der Waals surface area contributed by atoms with Crippen molar-refractivity contribution in [3.63, 3.8) is 0 Å². The van der Waals surface area contributed by atoms with Crippen molar-refractivity contribution in [1.29, 1.82) is 0 Å². The molecule has 0 heterocycles. The van der Waals surface area contributed by atoms with Gasteiger partial charge in [0.05, 0.1) is 5.54 Å². The maximum absolute atomic E-state index is 13.8. The minimum atomic E-state index is -0.969. The zero-order valence-corrected chi connectivity index (χ0v) is 12.1. The molecule has 2 aromatic rings. The van der Waals surface area contributed by atoms with E-state index >= 15 is 0 Å². The minimum absolute atomic E-state index is 0.332. The van der Waals surface area contributed by atoms with E-state index in [0.29, 0.717) is 16.1 Å². The first kappa shape index (κ1) is 13.5. The van der Waals surface area contributed by atoms with Crippen molar-refractivity contribution in [2.24, 2.45) is 5.73 Å². The lowest BCUT2D eigenvalue weighted by Gasteiger charge is -2.27. The number of hydrogen-bond donors (Lipinski definition) is 1. The van der Waals surface area contributed by atoms with Crippen LogP contribution in [0, 0.1) is 5.82 Å². The molecule has 0 aromatic heterocycles. The summed E-state index contributed by atoms with van der Waals surface area (Å²) >= 11 is 9.52. The van der Waals surface area contributed by atoms with Gasteiger partial charge in [-0.25, -0.2) is 4.39 Å². The van der Waals surface area contributed by atoms with Crippen LogP contribution in [0.25, 0.3) is 0 Å². The van der Waals surface area contributed by atoms with E-state index in [9.17, 15) is 4.39 Å². The first-order valence-corrected chi connectivity index (χ1v) is 6.59. The Balaban J connectivity index is 2.58. The van der Waals surface area contributed by atoms with Crippen LogP contribution < -0.4 is 5.73 Å². The molecule has 0 fully saturated rings. The second-order valence-corrected chi connectivity index (χ2v) is 5.63. The Hall–Kier alpha value is -0.900. The summed E-state index contributed by atoms with van der Waals surface area (Å²) in [5.41, 5.74) is 6.42. The van der Waals surface area contributed by atoms with Gasteiger partial charge in [-0.1, -0.05) is 51.8 Å². The summed E-state index contributed by atoms with van der Waals surface area (Å²) in [6.07, 6.45) is 0. The van der Waals surface area contributed by atoms with Crippen molar-refractivity contribution in [2.75, 3.05) is 0 Å². The van der Waals surface area contributed by atoms with Gasteiger partial charge in [0.2, 0.25) is 0 Å². The van der Waals surface area contributed by atoms with E-state index in [4.69, 9.17) is 17.3 Å². The van der Waals surface area contributed by atoms with Crippen molar-refractivity contribution in [1.82, 2.24) is 0 Å². The predicted octanol–water partition coefficient (Wildman–Crippen LogP) is 4.46. The molecule has 0 saturated heterocycles. The third-order valence-corrected chi connectivity index (χ3v) is 3.73. The first-order chi connectivity index (χ1) is 8.43. The summed E-state index contributed by atoms with van der Waals surface area (Å²) in [6.45, 7) is 1.75. The number of nitrogens with two attached hydrogens (primary N) is 1. The van der Waals surface area contributed by atoms with Gasteiger partial charge in [0.1, 0.15) is 5.82 Å². The average molecular weight is 329 g/mol. The summed E-state index contributed by atoms with van der Waals surface area (Å²) in [7, 11) is 0. The van der Waals surface area contributed by atoms with Gasteiger partial charge in [-0.15, -0.1) is 0 Å². The third-order valence-electron chi connectivity index (χ3n) is 2.92. The quantitative estimate of drug-likeness (QED) is 0.865. The molecule has 1 unspecified atom stereocenters. The van der Waals surface area contributed by atoms with E-state index in [1.807, 2.05) is 6.07 Å². The number of rotatable bonds is 2. The van der Waals surface area contributed by atoms with Crippen LogP contribution in [-0.4, -0.2) is 0 Å². The van der Waals surface area contributed by atoms with E-state index < -0.39 is 5.54 Å². The highest BCUT2D eigenvalue weighted by atomic mass is 79.9. The molecule has 0 aliphatic rings. The van der Waals surface area contributed by atoms with Crippen molar-refractivity contribution in [3.05, 3.63) is 68.9 Å². The highest BCUT2D eigenvalue weighted by Gasteiger charge is 2.28. The van der Waals surface area contributed by atoms with Gasteiger partial charge < -0.3 is 5.73 Å². The van der Waals surface area contributed by atoms with Gasteiger partial charge >= 0.3 is 0 Å². The van der Waals surface area contributed by atoms with Crippen molar-refractivity contribution < 1.29 is 4.39 Å². The summed E-state index contributed by atoms with van der Waals surface area (Å²) in [4.78, 5) is 0. The normalized spacial score (nSPS) is 14.3. The summed E-state index contributed by atoms with van der Waals surface area (Å²) < 4.78 is 14.7. The lowest BCUT2D eigenvalue weighted by molar-refractivity contribution is 0.531. The van der Waals surface area contributed by atoms with E-state index in [1.54, 1.807) is 37.3 Å². The van der Waals surface area contributed by atoms with E-state index in [2.05, 4.69) is 15.9 Å². The van der Waals surface area contributed by atoms with Gasteiger partial charge in [-0.3, -0.25) is 0 Å². The Kier molecular flexibility index (Phi) is 3.76. The molecule has 4 heteroatoms. The van der Waals surface area contributed by atoms with Gasteiger partial charge in [0.25, 0.3) is 0 Å². The minimum Gasteiger partial charge on any atom is -0.318 e. The first-order valence-electron chi connectivity index (χ1n) is 5.42. The largest absolute Gasteiger partial charge is 0.318 e. The molecule has 0 amide bonds. The predicted molar refractivity (Wildman–Crippen MR) is 76.2 cm³/mol. The Labute approximate surface area is 119 Å². The number of hydrogen-bond acceptors (Lipinski definition) is 1. The summed E-state index contributed by atoms with van der Waals surface area (Å²) in [5.74, 6) is -0.332. The molecule has 0 spiro atoms. The highest BCUT2D eigenvalue weighted by Crippen LogP contribution is 2.34. The second-order valence-electron chi connectivity index (χ2n) is 4.31. The molecule has 0 saturated carbocycles. The molecule has 0 radical (unpaired) electrons. The molecular formula is C14H12BrClFN. The smallest absolute Gasteiger partial charge is 0.128 e. The molecule has 18 heavy (non-hydrogen) atoms. The maximum Gasteiger partial charge on any atom is 0.128 e. The molecule has 0 aliphatic carbocycles. The molecular weight excluding hydrogens is 317 g/mol. The lowest BCUT2D eigenvalue weighted by atomic mass is 9.85. The van der Waals surface area contributed by atoms with Gasteiger partial charge in [-0.05, 0) is 30.7 Å². The van der Waals surface area contributed by atoms with Crippen molar-refractivity contribution in [3.8, 4) is 0 Å². The van der Waals surface area contributed by atoms with Gasteiger partial charge in [-0.2, -0.15) is 0 Å². The van der Waals surface area contributed by atoms with E-state index in [1.165, 1.54) is 6.07 Å². The van der Waals surface area contributed by atoms with Crippen LogP contribution in [0.2, 0.25) is 5.02 Å². The van der Waals surface area contributed by atoms with Crippen LogP contribution in [0.5, 0.6) is 0 Å². The highest BCUT2D eigenvalue weighted by molar-refractivity contribution is 9.10. The molecule has 0 bridgehead atoms. The monoisotopic (exact) mass is 327 g/mol. The van der Waals surface area contributed by atoms with Crippen LogP contribution in [0.1, 0.15) is 18.1 Å². The van der Waals surface area contributed by atoms with Crippen molar-refractivity contribution in [2.45, 2.75) is 12.5 Å². The fourth-order valence-electron chi connectivity index (χ4n) is 1.94. The van der Waals surface area contributed by atoms with Crippen LogP contribution in [0.15, 0.2) is 46.9 Å². The standard InChI is InChI=1S/C14H12BrClFN/c1-14(18,11-4-2-3-5-13(11)17)10-7-6-9(15)8-12(10)16/h2-8H,18H2,1H3. The lowest BCUT2D eigenvalue weighted by Crippen LogP contribution is -2.35. The molecule has 2 rings (SSSR count). The molecule has 2 N–H and O–H groups in total. The topological polar surface area (TPSA) is 26.0 Å². The third kappa shape index (κ3) is 2.44. The molecule has 1 atom stereocenters. The van der Waals surface area contributed by atoms with Gasteiger partial charge in [0, 0.05) is 15.1 Å². The molecule has 94 valence electrons. The van der Waals surface area contributed by atoms with E-state index in [0.717, 1.165) is 4.47 Å². The van der Waals surface area contributed by atoms with Crippen molar-refractivity contribution >= 4 is 27.5 Å². The van der Waals surface area contributed by atoms with Crippen LogP contribution in [0.3, 0.4) is 0 Å². The van der Waals surface area contributed by atoms with Crippen LogP contribution in [-0.2, 0) is 5.54 Å².